The van der Waals surface area contributed by atoms with Crippen LogP contribution in [0.4, 0.5) is 5.69 Å². The average molecular weight is 320 g/mol. The Bertz CT molecular complexity index is 525. The second-order valence-corrected chi connectivity index (χ2v) is 5.03. The van der Waals surface area contributed by atoms with Gasteiger partial charge >= 0.3 is 0 Å². The second-order valence-electron chi connectivity index (χ2n) is 3.69. The summed E-state index contributed by atoms with van der Waals surface area (Å²) in [5.41, 5.74) is 0.670. The van der Waals surface area contributed by atoms with Crippen molar-refractivity contribution in [2.24, 2.45) is 0 Å². The van der Waals surface area contributed by atoms with Crippen molar-refractivity contribution in [3.63, 3.8) is 0 Å². The first kappa shape index (κ1) is 14.3. The molecule has 1 unspecified atom stereocenters. The number of anilines is 1. The summed E-state index contributed by atoms with van der Waals surface area (Å²) in [5.74, 6) is 0.407. The molecule has 1 aromatic heterocycles. The molecule has 1 heterocycles. The highest BCUT2D eigenvalue weighted by atomic mass is 35.5. The van der Waals surface area contributed by atoms with Crippen molar-refractivity contribution in [3.8, 4) is 5.88 Å². The highest BCUT2D eigenvalue weighted by Crippen LogP contribution is 2.29. The summed E-state index contributed by atoms with van der Waals surface area (Å²) in [4.78, 5) is 0. The lowest BCUT2D eigenvalue weighted by Gasteiger charge is -2.14. The third-order valence-corrected chi connectivity index (χ3v) is 3.52. The molecule has 2 N–H and O–H groups in total. The molecule has 0 bridgehead atoms. The fourth-order valence-corrected chi connectivity index (χ4v) is 2.06. The molecule has 2 rings (SSSR count). The fourth-order valence-electron chi connectivity index (χ4n) is 1.33. The van der Waals surface area contributed by atoms with Crippen LogP contribution in [0, 0.1) is 0 Å². The van der Waals surface area contributed by atoms with E-state index in [2.05, 4.69) is 14.1 Å². The summed E-state index contributed by atoms with van der Waals surface area (Å²) in [6.07, 6.45) is 0.801. The minimum Gasteiger partial charge on any atom is -0.473 e. The molecule has 8 heteroatoms. The summed E-state index contributed by atoms with van der Waals surface area (Å²) in [6.45, 7) is 0.411. The number of aliphatic hydroxyl groups excluding tert-OH is 1. The number of nitrogens with zero attached hydrogens (tertiary/aromatic N) is 2. The van der Waals surface area contributed by atoms with Crippen LogP contribution in [0.1, 0.15) is 0 Å². The largest absolute Gasteiger partial charge is 0.473 e. The number of nitrogens with one attached hydrogen (secondary N) is 1. The zero-order valence-corrected chi connectivity index (χ0v) is 12.0. The van der Waals surface area contributed by atoms with Gasteiger partial charge in [-0.2, -0.15) is 4.37 Å². The van der Waals surface area contributed by atoms with E-state index >= 15 is 0 Å². The predicted octanol–water partition coefficient (Wildman–Crippen LogP) is 2.70. The van der Waals surface area contributed by atoms with Crippen LogP contribution in [0.15, 0.2) is 24.4 Å². The molecule has 1 aromatic carbocycles. The number of ether oxygens (including phenoxy) is 1. The SMILES string of the molecule is OC(CNc1cccc(Cl)c1Cl)COc1cnsn1. The van der Waals surface area contributed by atoms with Gasteiger partial charge < -0.3 is 15.2 Å². The maximum atomic E-state index is 9.76. The van der Waals surface area contributed by atoms with Gasteiger partial charge in [-0.05, 0) is 12.1 Å². The van der Waals surface area contributed by atoms with Gasteiger partial charge in [0.1, 0.15) is 18.9 Å². The number of rotatable bonds is 6. The summed E-state index contributed by atoms with van der Waals surface area (Å²) >= 11 is 12.9. The van der Waals surface area contributed by atoms with Crippen molar-refractivity contribution < 1.29 is 9.84 Å². The lowest BCUT2D eigenvalue weighted by molar-refractivity contribution is 0.115. The minimum atomic E-state index is -0.697. The van der Waals surface area contributed by atoms with Crippen molar-refractivity contribution in [1.29, 1.82) is 0 Å². The van der Waals surface area contributed by atoms with Gasteiger partial charge in [0.2, 0.25) is 5.88 Å². The van der Waals surface area contributed by atoms with Gasteiger partial charge in [0.25, 0.3) is 0 Å². The van der Waals surface area contributed by atoms with Gasteiger partial charge in [0.15, 0.2) is 0 Å². The molecule has 0 fully saturated rings. The zero-order valence-electron chi connectivity index (χ0n) is 9.72. The predicted molar refractivity (Wildman–Crippen MR) is 76.4 cm³/mol. The molecule has 0 spiro atoms. The van der Waals surface area contributed by atoms with Crippen LogP contribution in [-0.2, 0) is 0 Å². The number of hydrogen-bond acceptors (Lipinski definition) is 6. The molecule has 0 amide bonds. The monoisotopic (exact) mass is 319 g/mol. The van der Waals surface area contributed by atoms with E-state index in [9.17, 15) is 5.11 Å². The Hall–Kier alpha value is -1.08. The molecule has 102 valence electrons. The quantitative estimate of drug-likeness (QED) is 0.856. The molecule has 0 aliphatic carbocycles. The molecule has 19 heavy (non-hydrogen) atoms. The van der Waals surface area contributed by atoms with Crippen LogP contribution in [0.2, 0.25) is 10.0 Å². The van der Waals surface area contributed by atoms with Crippen molar-refractivity contribution in [2.75, 3.05) is 18.5 Å². The third kappa shape index (κ3) is 4.21. The third-order valence-electron chi connectivity index (χ3n) is 2.24. The van der Waals surface area contributed by atoms with E-state index in [-0.39, 0.29) is 13.2 Å². The van der Waals surface area contributed by atoms with Crippen LogP contribution in [0.25, 0.3) is 0 Å². The van der Waals surface area contributed by atoms with Crippen LogP contribution in [-0.4, -0.2) is 33.1 Å². The molecule has 0 aliphatic heterocycles. The Morgan fingerprint density at radius 3 is 3.00 bits per heavy atom. The van der Waals surface area contributed by atoms with Crippen LogP contribution < -0.4 is 10.1 Å². The van der Waals surface area contributed by atoms with Gasteiger partial charge in [-0.1, -0.05) is 29.3 Å². The highest BCUT2D eigenvalue weighted by Gasteiger charge is 2.09. The molecule has 0 aliphatic rings. The van der Waals surface area contributed by atoms with E-state index in [4.69, 9.17) is 27.9 Å². The van der Waals surface area contributed by atoms with Gasteiger partial charge in [0.05, 0.1) is 27.5 Å². The van der Waals surface area contributed by atoms with E-state index in [1.807, 2.05) is 0 Å². The summed E-state index contributed by atoms with van der Waals surface area (Å²) in [7, 11) is 0. The molecule has 5 nitrogen and oxygen atoms in total. The number of hydrogen-bond donors (Lipinski definition) is 2. The van der Waals surface area contributed by atoms with E-state index < -0.39 is 6.10 Å². The molecule has 2 aromatic rings. The van der Waals surface area contributed by atoms with Crippen molar-refractivity contribution in [3.05, 3.63) is 34.4 Å². The zero-order chi connectivity index (χ0) is 13.7. The smallest absolute Gasteiger partial charge is 0.245 e. The van der Waals surface area contributed by atoms with Crippen molar-refractivity contribution in [2.45, 2.75) is 6.10 Å². The molecular formula is C11H11Cl2N3O2S. The van der Waals surface area contributed by atoms with Crippen molar-refractivity contribution in [1.82, 2.24) is 8.75 Å². The molecule has 0 radical (unpaired) electrons. The minimum absolute atomic E-state index is 0.122. The van der Waals surface area contributed by atoms with Gasteiger partial charge in [0, 0.05) is 6.54 Å². The van der Waals surface area contributed by atoms with E-state index in [0.29, 0.717) is 21.6 Å². The number of benzene rings is 1. The first-order valence-corrected chi connectivity index (χ1v) is 6.91. The van der Waals surface area contributed by atoms with E-state index in [0.717, 1.165) is 11.7 Å². The molecular weight excluding hydrogens is 309 g/mol. The Balaban J connectivity index is 1.80. The Labute approximate surface area is 124 Å². The molecule has 0 saturated carbocycles. The number of aliphatic hydroxyl groups is 1. The average Bonchev–Trinajstić information content (AvgIpc) is 2.91. The first-order valence-electron chi connectivity index (χ1n) is 5.43. The Kier molecular flexibility index (Phi) is 5.21. The second kappa shape index (κ2) is 6.91. The topological polar surface area (TPSA) is 67.3 Å². The van der Waals surface area contributed by atoms with Gasteiger partial charge in [-0.25, -0.2) is 0 Å². The molecule has 0 saturated heterocycles. The standard InChI is InChI=1S/C11H11Cl2N3O2S/c12-8-2-1-3-9(11(8)13)14-4-7(17)6-18-10-5-15-19-16-10/h1-3,5,7,14,17H,4,6H2. The number of aromatic nitrogens is 2. The van der Waals surface area contributed by atoms with Gasteiger partial charge in [-0.3, -0.25) is 0 Å². The Morgan fingerprint density at radius 1 is 1.42 bits per heavy atom. The lowest BCUT2D eigenvalue weighted by atomic mass is 10.3. The first-order chi connectivity index (χ1) is 9.16. The van der Waals surface area contributed by atoms with E-state index in [1.54, 1.807) is 18.2 Å². The summed E-state index contributed by atoms with van der Waals surface area (Å²) in [6, 6.07) is 5.26. The number of halogens is 2. The summed E-state index contributed by atoms with van der Waals surface area (Å²) < 4.78 is 12.9. The lowest BCUT2D eigenvalue weighted by Crippen LogP contribution is -2.26. The van der Waals surface area contributed by atoms with Crippen LogP contribution in [0.3, 0.4) is 0 Å². The highest BCUT2D eigenvalue weighted by molar-refractivity contribution is 6.99. The van der Waals surface area contributed by atoms with Crippen molar-refractivity contribution >= 4 is 40.6 Å². The molecule has 1 atom stereocenters. The maximum absolute atomic E-state index is 9.76. The fraction of sp³-hybridized carbons (Fsp3) is 0.273. The Morgan fingerprint density at radius 2 is 2.26 bits per heavy atom. The van der Waals surface area contributed by atoms with Gasteiger partial charge in [-0.15, -0.1) is 4.37 Å². The van der Waals surface area contributed by atoms with Crippen LogP contribution in [0.5, 0.6) is 5.88 Å². The summed E-state index contributed by atoms with van der Waals surface area (Å²) in [5, 5.41) is 13.7. The normalized spacial score (nSPS) is 12.2. The van der Waals surface area contributed by atoms with E-state index in [1.165, 1.54) is 6.20 Å². The maximum Gasteiger partial charge on any atom is 0.245 e. The van der Waals surface area contributed by atoms with Crippen LogP contribution >= 0.6 is 34.9 Å².